The molecule has 0 saturated carbocycles. The van der Waals surface area contributed by atoms with E-state index in [1.165, 1.54) is 6.07 Å². The highest BCUT2D eigenvalue weighted by atomic mass is 79.9. The van der Waals surface area contributed by atoms with Crippen LogP contribution in [0.15, 0.2) is 16.7 Å². The molecule has 5 heteroatoms. The summed E-state index contributed by atoms with van der Waals surface area (Å²) >= 11 is 9.03. The molecule has 0 aliphatic heterocycles. The van der Waals surface area contributed by atoms with Gasteiger partial charge in [-0.15, -0.1) is 0 Å². The Kier molecular flexibility index (Phi) is 2.04. The smallest absolute Gasteiger partial charge is 0.145 e. The third-order valence-electron chi connectivity index (χ3n) is 1.87. The van der Waals surface area contributed by atoms with E-state index >= 15 is 0 Å². The first kappa shape index (κ1) is 8.97. The molecule has 2 aromatic rings. The zero-order chi connectivity index (χ0) is 9.59. The van der Waals surface area contributed by atoms with Gasteiger partial charge in [0.25, 0.3) is 0 Å². The number of aryl methyl sites for hydroxylation is 1. The maximum absolute atomic E-state index is 13.2. The Morgan fingerprint density at radius 1 is 1.62 bits per heavy atom. The highest BCUT2D eigenvalue weighted by Gasteiger charge is 2.12. The van der Waals surface area contributed by atoms with E-state index < -0.39 is 5.82 Å². The lowest BCUT2D eigenvalue weighted by Crippen LogP contribution is -1.91. The van der Waals surface area contributed by atoms with E-state index in [1.54, 1.807) is 17.9 Å². The average Bonchev–Trinajstić information content (AvgIpc) is 2.44. The van der Waals surface area contributed by atoms with Gasteiger partial charge in [0, 0.05) is 16.9 Å². The van der Waals surface area contributed by atoms with Gasteiger partial charge in [0.1, 0.15) is 10.8 Å². The number of benzene rings is 1. The van der Waals surface area contributed by atoms with Crippen LogP contribution in [-0.4, -0.2) is 9.78 Å². The Morgan fingerprint density at radius 2 is 2.31 bits per heavy atom. The molecule has 0 amide bonds. The first-order valence-electron chi connectivity index (χ1n) is 3.56. The fraction of sp³-hybridized carbons (Fsp3) is 0.125. The van der Waals surface area contributed by atoms with Gasteiger partial charge in [-0.05, 0) is 22.0 Å². The van der Waals surface area contributed by atoms with Gasteiger partial charge < -0.3 is 0 Å². The minimum atomic E-state index is -0.440. The lowest BCUT2D eigenvalue weighted by molar-refractivity contribution is 0.628. The van der Waals surface area contributed by atoms with Gasteiger partial charge in [-0.3, -0.25) is 4.68 Å². The Hall–Kier alpha value is -0.610. The highest BCUT2D eigenvalue weighted by Crippen LogP contribution is 2.31. The Labute approximate surface area is 87.4 Å². The summed E-state index contributed by atoms with van der Waals surface area (Å²) in [5.74, 6) is -0.440. The van der Waals surface area contributed by atoms with E-state index in [9.17, 15) is 4.39 Å². The van der Waals surface area contributed by atoms with Crippen molar-refractivity contribution in [1.29, 1.82) is 0 Å². The summed E-state index contributed by atoms with van der Waals surface area (Å²) in [7, 11) is 1.72. The molecule has 1 aromatic heterocycles. The van der Waals surface area contributed by atoms with Crippen molar-refractivity contribution in [2.45, 2.75) is 0 Å². The fourth-order valence-corrected chi connectivity index (χ4v) is 2.01. The molecule has 0 fully saturated rings. The highest BCUT2D eigenvalue weighted by molar-refractivity contribution is 9.10. The molecule has 0 N–H and O–H groups in total. The van der Waals surface area contributed by atoms with Crippen molar-refractivity contribution in [3.63, 3.8) is 0 Å². The van der Waals surface area contributed by atoms with Crippen molar-refractivity contribution < 1.29 is 4.39 Å². The zero-order valence-electron chi connectivity index (χ0n) is 6.68. The Balaban J connectivity index is 3.00. The van der Waals surface area contributed by atoms with Crippen LogP contribution in [0, 0.1) is 5.82 Å². The number of nitrogens with zero attached hydrogens (tertiary/aromatic N) is 2. The molecule has 0 atom stereocenters. The molecular weight excluding hydrogens is 258 g/mol. The van der Waals surface area contributed by atoms with Crippen LogP contribution in [0.1, 0.15) is 0 Å². The van der Waals surface area contributed by atoms with Gasteiger partial charge in [-0.2, -0.15) is 5.10 Å². The SMILES string of the molecule is Cn1ncc2c(Br)cc(F)c(Cl)c21. The lowest BCUT2D eigenvalue weighted by Gasteiger charge is -2.00. The molecule has 68 valence electrons. The molecule has 0 radical (unpaired) electrons. The van der Waals surface area contributed by atoms with E-state index in [0.717, 1.165) is 5.39 Å². The van der Waals surface area contributed by atoms with Crippen LogP contribution in [0.3, 0.4) is 0 Å². The van der Waals surface area contributed by atoms with Crippen LogP contribution in [0.5, 0.6) is 0 Å². The van der Waals surface area contributed by atoms with E-state index in [0.29, 0.717) is 9.99 Å². The van der Waals surface area contributed by atoms with E-state index in [2.05, 4.69) is 21.0 Å². The van der Waals surface area contributed by atoms with Crippen LogP contribution in [0.4, 0.5) is 4.39 Å². The predicted octanol–water partition coefficient (Wildman–Crippen LogP) is 3.13. The van der Waals surface area contributed by atoms with Crippen LogP contribution in [0.2, 0.25) is 5.02 Å². The van der Waals surface area contributed by atoms with Gasteiger partial charge in [0.2, 0.25) is 0 Å². The molecule has 1 heterocycles. The summed E-state index contributed by atoms with van der Waals surface area (Å²) in [6.45, 7) is 0. The number of hydrogen-bond acceptors (Lipinski definition) is 1. The van der Waals surface area contributed by atoms with Gasteiger partial charge in [-0.1, -0.05) is 11.6 Å². The number of rotatable bonds is 0. The zero-order valence-corrected chi connectivity index (χ0v) is 9.02. The molecule has 2 rings (SSSR count). The molecule has 0 bridgehead atoms. The molecular formula is C8H5BrClFN2. The van der Waals surface area contributed by atoms with Crippen molar-refractivity contribution >= 4 is 38.4 Å². The molecule has 0 aliphatic rings. The van der Waals surface area contributed by atoms with Crippen LogP contribution in [-0.2, 0) is 7.05 Å². The second kappa shape index (κ2) is 2.96. The van der Waals surface area contributed by atoms with Crippen LogP contribution in [0.25, 0.3) is 10.9 Å². The van der Waals surface area contributed by atoms with Crippen LogP contribution >= 0.6 is 27.5 Å². The largest absolute Gasteiger partial charge is 0.266 e. The second-order valence-corrected chi connectivity index (χ2v) is 3.92. The minimum Gasteiger partial charge on any atom is -0.266 e. The number of hydrogen-bond donors (Lipinski definition) is 0. The first-order valence-corrected chi connectivity index (χ1v) is 4.73. The van der Waals surface area contributed by atoms with E-state index in [1.807, 2.05) is 0 Å². The molecule has 13 heavy (non-hydrogen) atoms. The third-order valence-corrected chi connectivity index (χ3v) is 2.88. The number of halogens is 3. The van der Waals surface area contributed by atoms with Gasteiger partial charge in [0.05, 0.1) is 11.7 Å². The third kappa shape index (κ3) is 1.25. The number of fused-ring (bicyclic) bond motifs is 1. The molecule has 0 aliphatic carbocycles. The van der Waals surface area contributed by atoms with Gasteiger partial charge in [0.15, 0.2) is 0 Å². The predicted molar refractivity (Wildman–Crippen MR) is 53.4 cm³/mol. The topological polar surface area (TPSA) is 17.8 Å². The summed E-state index contributed by atoms with van der Waals surface area (Å²) in [5.41, 5.74) is 0.605. The van der Waals surface area contributed by atoms with Crippen molar-refractivity contribution in [3.8, 4) is 0 Å². The summed E-state index contributed by atoms with van der Waals surface area (Å²) < 4.78 is 15.4. The van der Waals surface area contributed by atoms with Crippen molar-refractivity contribution in [2.75, 3.05) is 0 Å². The Bertz CT molecular complexity index is 480. The van der Waals surface area contributed by atoms with Crippen molar-refractivity contribution in [2.24, 2.45) is 7.05 Å². The minimum absolute atomic E-state index is 0.109. The van der Waals surface area contributed by atoms with E-state index in [-0.39, 0.29) is 5.02 Å². The number of aromatic nitrogens is 2. The lowest BCUT2D eigenvalue weighted by atomic mass is 10.2. The fourth-order valence-electron chi connectivity index (χ4n) is 1.24. The molecule has 2 nitrogen and oxygen atoms in total. The van der Waals surface area contributed by atoms with E-state index in [4.69, 9.17) is 11.6 Å². The first-order chi connectivity index (χ1) is 6.11. The maximum atomic E-state index is 13.2. The monoisotopic (exact) mass is 262 g/mol. The molecule has 0 spiro atoms. The summed E-state index contributed by atoms with van der Waals surface area (Å²) in [5, 5.41) is 4.92. The molecule has 0 unspecified atom stereocenters. The molecule has 1 aromatic carbocycles. The second-order valence-electron chi connectivity index (χ2n) is 2.68. The Morgan fingerprint density at radius 3 is 3.00 bits per heavy atom. The van der Waals surface area contributed by atoms with Gasteiger partial charge in [-0.25, -0.2) is 4.39 Å². The normalized spacial score (nSPS) is 11.1. The van der Waals surface area contributed by atoms with Crippen molar-refractivity contribution in [3.05, 3.63) is 27.6 Å². The quantitative estimate of drug-likeness (QED) is 0.668. The summed E-state index contributed by atoms with van der Waals surface area (Å²) in [4.78, 5) is 0. The maximum Gasteiger partial charge on any atom is 0.145 e. The molecule has 0 saturated heterocycles. The average molecular weight is 263 g/mol. The standard InChI is InChI=1S/C8H5BrClFN2/c1-13-8-4(3-12-13)5(9)2-6(11)7(8)10/h2-3H,1H3. The summed E-state index contributed by atoms with van der Waals surface area (Å²) in [6, 6.07) is 1.34. The van der Waals surface area contributed by atoms with Gasteiger partial charge >= 0.3 is 0 Å². The van der Waals surface area contributed by atoms with Crippen LogP contribution < -0.4 is 0 Å². The van der Waals surface area contributed by atoms with Crippen molar-refractivity contribution in [1.82, 2.24) is 9.78 Å². The summed E-state index contributed by atoms with van der Waals surface area (Å²) in [6.07, 6.45) is 1.64.